The SMILES string of the molecule is Cc1ccc(F)cc1CNCC1(C)COC1. The van der Waals surface area contributed by atoms with E-state index in [1.54, 1.807) is 6.07 Å². The van der Waals surface area contributed by atoms with E-state index in [9.17, 15) is 4.39 Å². The van der Waals surface area contributed by atoms with Gasteiger partial charge in [0.25, 0.3) is 0 Å². The Morgan fingerprint density at radius 1 is 1.44 bits per heavy atom. The summed E-state index contributed by atoms with van der Waals surface area (Å²) < 4.78 is 18.2. The van der Waals surface area contributed by atoms with Crippen LogP contribution in [-0.4, -0.2) is 19.8 Å². The molecule has 1 aromatic carbocycles. The van der Waals surface area contributed by atoms with Crippen molar-refractivity contribution < 1.29 is 9.13 Å². The maximum absolute atomic E-state index is 13.0. The van der Waals surface area contributed by atoms with Crippen LogP contribution < -0.4 is 5.32 Å². The Balaban J connectivity index is 1.87. The van der Waals surface area contributed by atoms with E-state index in [0.29, 0.717) is 0 Å². The topological polar surface area (TPSA) is 21.3 Å². The second-order valence-electron chi connectivity index (χ2n) is 4.98. The van der Waals surface area contributed by atoms with Gasteiger partial charge in [-0.1, -0.05) is 13.0 Å². The molecule has 0 unspecified atom stereocenters. The third-order valence-electron chi connectivity index (χ3n) is 3.08. The van der Waals surface area contributed by atoms with E-state index in [0.717, 1.165) is 37.4 Å². The summed E-state index contributed by atoms with van der Waals surface area (Å²) >= 11 is 0. The smallest absolute Gasteiger partial charge is 0.123 e. The molecule has 0 bridgehead atoms. The van der Waals surface area contributed by atoms with E-state index in [4.69, 9.17) is 4.74 Å². The number of aryl methyl sites for hydroxylation is 1. The van der Waals surface area contributed by atoms with Gasteiger partial charge >= 0.3 is 0 Å². The van der Waals surface area contributed by atoms with Gasteiger partial charge in [0.2, 0.25) is 0 Å². The fourth-order valence-electron chi connectivity index (χ4n) is 1.88. The Kier molecular flexibility index (Phi) is 3.26. The van der Waals surface area contributed by atoms with Crippen LogP contribution in [0.3, 0.4) is 0 Å². The summed E-state index contributed by atoms with van der Waals surface area (Å²) in [7, 11) is 0. The first-order valence-electron chi connectivity index (χ1n) is 5.63. The summed E-state index contributed by atoms with van der Waals surface area (Å²) in [6, 6.07) is 4.92. The number of ether oxygens (including phenoxy) is 1. The zero-order valence-corrected chi connectivity index (χ0v) is 9.85. The number of rotatable bonds is 4. The van der Waals surface area contributed by atoms with Crippen molar-refractivity contribution in [3.05, 3.63) is 35.1 Å². The fourth-order valence-corrected chi connectivity index (χ4v) is 1.88. The molecule has 0 aromatic heterocycles. The molecule has 0 spiro atoms. The minimum absolute atomic E-state index is 0.166. The van der Waals surface area contributed by atoms with Gasteiger partial charge in [-0.15, -0.1) is 0 Å². The van der Waals surface area contributed by atoms with Crippen LogP contribution in [0.4, 0.5) is 4.39 Å². The lowest BCUT2D eigenvalue weighted by Crippen LogP contribution is -2.47. The maximum Gasteiger partial charge on any atom is 0.123 e. The molecule has 2 nitrogen and oxygen atoms in total. The fraction of sp³-hybridized carbons (Fsp3) is 0.538. The van der Waals surface area contributed by atoms with Crippen molar-refractivity contribution in [3.63, 3.8) is 0 Å². The lowest BCUT2D eigenvalue weighted by Gasteiger charge is -2.38. The molecule has 0 saturated carbocycles. The standard InChI is InChI=1S/C13H18FNO/c1-10-3-4-12(14)5-11(10)6-15-7-13(2)8-16-9-13/h3-5,15H,6-9H2,1-2H3. The quantitative estimate of drug-likeness (QED) is 0.845. The van der Waals surface area contributed by atoms with Gasteiger partial charge in [-0.25, -0.2) is 4.39 Å². The highest BCUT2D eigenvalue weighted by Gasteiger charge is 2.32. The summed E-state index contributed by atoms with van der Waals surface area (Å²) in [5.74, 6) is -0.166. The lowest BCUT2D eigenvalue weighted by molar-refractivity contribution is -0.0991. The van der Waals surface area contributed by atoms with Crippen molar-refractivity contribution in [1.82, 2.24) is 5.32 Å². The van der Waals surface area contributed by atoms with Gasteiger partial charge in [0.05, 0.1) is 13.2 Å². The molecule has 1 N–H and O–H groups in total. The van der Waals surface area contributed by atoms with Crippen molar-refractivity contribution >= 4 is 0 Å². The molecule has 0 atom stereocenters. The first-order valence-corrected chi connectivity index (χ1v) is 5.63. The minimum atomic E-state index is -0.166. The van der Waals surface area contributed by atoms with Crippen molar-refractivity contribution in [3.8, 4) is 0 Å². The van der Waals surface area contributed by atoms with E-state index >= 15 is 0 Å². The third-order valence-corrected chi connectivity index (χ3v) is 3.08. The predicted octanol–water partition coefficient (Wildman–Crippen LogP) is 2.26. The second-order valence-corrected chi connectivity index (χ2v) is 4.98. The van der Waals surface area contributed by atoms with Crippen molar-refractivity contribution in [2.75, 3.05) is 19.8 Å². The van der Waals surface area contributed by atoms with Gasteiger partial charge in [-0.05, 0) is 30.2 Å². The molecule has 1 heterocycles. The molecule has 1 aromatic rings. The van der Waals surface area contributed by atoms with E-state index in [2.05, 4.69) is 12.2 Å². The molecule has 1 saturated heterocycles. The van der Waals surface area contributed by atoms with Gasteiger partial charge in [0, 0.05) is 18.5 Å². The molecule has 16 heavy (non-hydrogen) atoms. The lowest BCUT2D eigenvalue weighted by atomic mass is 9.88. The Bertz CT molecular complexity index is 374. The van der Waals surface area contributed by atoms with Crippen LogP contribution in [0.25, 0.3) is 0 Å². The zero-order chi connectivity index (χ0) is 11.6. The summed E-state index contributed by atoms with van der Waals surface area (Å²) in [6.45, 7) is 7.49. The molecule has 1 aliphatic heterocycles. The van der Waals surface area contributed by atoms with Crippen LogP contribution in [0.1, 0.15) is 18.1 Å². The number of halogens is 1. The maximum atomic E-state index is 13.0. The predicted molar refractivity (Wildman–Crippen MR) is 61.8 cm³/mol. The van der Waals surface area contributed by atoms with Crippen molar-refractivity contribution in [2.24, 2.45) is 5.41 Å². The van der Waals surface area contributed by atoms with Gasteiger partial charge < -0.3 is 10.1 Å². The van der Waals surface area contributed by atoms with Crippen molar-refractivity contribution in [1.29, 1.82) is 0 Å². The number of hydrogen-bond acceptors (Lipinski definition) is 2. The van der Waals surface area contributed by atoms with E-state index in [1.807, 2.05) is 13.0 Å². The Morgan fingerprint density at radius 3 is 2.81 bits per heavy atom. The summed E-state index contributed by atoms with van der Waals surface area (Å²) in [5.41, 5.74) is 2.43. The van der Waals surface area contributed by atoms with Gasteiger partial charge in [0.15, 0.2) is 0 Å². The van der Waals surface area contributed by atoms with Gasteiger partial charge in [-0.2, -0.15) is 0 Å². The highest BCUT2D eigenvalue weighted by atomic mass is 19.1. The largest absolute Gasteiger partial charge is 0.380 e. The highest BCUT2D eigenvalue weighted by molar-refractivity contribution is 5.26. The first-order chi connectivity index (χ1) is 7.59. The van der Waals surface area contributed by atoms with E-state index < -0.39 is 0 Å². The Hall–Kier alpha value is -0.930. The molecule has 1 fully saturated rings. The molecular weight excluding hydrogens is 205 g/mol. The monoisotopic (exact) mass is 223 g/mol. The van der Waals surface area contributed by atoms with Crippen LogP contribution in [-0.2, 0) is 11.3 Å². The average molecular weight is 223 g/mol. The van der Waals surface area contributed by atoms with Crippen LogP contribution in [0, 0.1) is 18.2 Å². The minimum Gasteiger partial charge on any atom is -0.380 e. The van der Waals surface area contributed by atoms with Crippen LogP contribution in [0.2, 0.25) is 0 Å². The van der Waals surface area contributed by atoms with Gasteiger partial charge in [0.1, 0.15) is 5.82 Å². The van der Waals surface area contributed by atoms with Crippen LogP contribution >= 0.6 is 0 Å². The highest BCUT2D eigenvalue weighted by Crippen LogP contribution is 2.25. The molecule has 0 aliphatic carbocycles. The second kappa shape index (κ2) is 4.52. The summed E-state index contributed by atoms with van der Waals surface area (Å²) in [5, 5.41) is 3.37. The summed E-state index contributed by atoms with van der Waals surface area (Å²) in [6.07, 6.45) is 0. The normalized spacial score (nSPS) is 18.2. The Morgan fingerprint density at radius 2 is 2.19 bits per heavy atom. The first kappa shape index (κ1) is 11.6. The number of hydrogen-bond donors (Lipinski definition) is 1. The molecule has 0 amide bonds. The van der Waals surface area contributed by atoms with Crippen LogP contribution in [0.5, 0.6) is 0 Å². The number of nitrogens with one attached hydrogen (secondary N) is 1. The third kappa shape index (κ3) is 2.60. The zero-order valence-electron chi connectivity index (χ0n) is 9.85. The van der Waals surface area contributed by atoms with Gasteiger partial charge in [-0.3, -0.25) is 0 Å². The molecule has 1 aliphatic rings. The van der Waals surface area contributed by atoms with E-state index in [-0.39, 0.29) is 11.2 Å². The average Bonchev–Trinajstić information content (AvgIpc) is 2.21. The molecule has 88 valence electrons. The molecule has 3 heteroatoms. The number of benzene rings is 1. The molecular formula is C13H18FNO. The molecule has 2 rings (SSSR count). The van der Waals surface area contributed by atoms with Crippen molar-refractivity contribution in [2.45, 2.75) is 20.4 Å². The molecule has 0 radical (unpaired) electrons. The summed E-state index contributed by atoms with van der Waals surface area (Å²) in [4.78, 5) is 0. The van der Waals surface area contributed by atoms with E-state index in [1.165, 1.54) is 6.07 Å². The Labute approximate surface area is 95.8 Å². The van der Waals surface area contributed by atoms with Crippen LogP contribution in [0.15, 0.2) is 18.2 Å².